The van der Waals surface area contributed by atoms with Crippen LogP contribution in [0.25, 0.3) is 5.70 Å². The number of hydrogen-bond acceptors (Lipinski definition) is 4. The molecule has 1 aromatic carbocycles. The number of benzene rings is 1. The van der Waals surface area contributed by atoms with Gasteiger partial charge in [-0.1, -0.05) is 12.1 Å². The van der Waals surface area contributed by atoms with Gasteiger partial charge in [-0.15, -0.1) is 0 Å². The van der Waals surface area contributed by atoms with Crippen molar-refractivity contribution < 1.29 is 28.2 Å². The molecule has 1 atom stereocenters. The normalized spacial score (nSPS) is 24.4. The van der Waals surface area contributed by atoms with Crippen LogP contribution in [0.4, 0.5) is 13.2 Å². The quantitative estimate of drug-likeness (QED) is 0.704. The first-order chi connectivity index (χ1) is 7.83. The fourth-order valence-electron chi connectivity index (χ4n) is 1.36. The van der Waals surface area contributed by atoms with Gasteiger partial charge in [0, 0.05) is 11.6 Å². The summed E-state index contributed by atoms with van der Waals surface area (Å²) in [4.78, 5) is 4.10. The summed E-state index contributed by atoms with van der Waals surface area (Å²) in [6.45, 7) is 0. The molecule has 0 bridgehead atoms. The van der Waals surface area contributed by atoms with Gasteiger partial charge < -0.3 is 10.2 Å². The molecule has 1 aromatic rings. The van der Waals surface area contributed by atoms with E-state index in [4.69, 9.17) is 0 Å². The summed E-state index contributed by atoms with van der Waals surface area (Å²) in [5.41, 5.74) is 1.90. The summed E-state index contributed by atoms with van der Waals surface area (Å²) in [5, 5.41) is 18.6. The molecule has 4 nitrogen and oxygen atoms in total. The van der Waals surface area contributed by atoms with Crippen molar-refractivity contribution in [3.63, 3.8) is 0 Å². The zero-order valence-electron chi connectivity index (χ0n) is 8.32. The van der Waals surface area contributed by atoms with E-state index in [9.17, 15) is 23.4 Å². The van der Waals surface area contributed by atoms with Gasteiger partial charge in [0.25, 0.3) is 0 Å². The fraction of sp³-hybridized carbons (Fsp3) is 0.200. The van der Waals surface area contributed by atoms with E-state index in [-0.39, 0.29) is 17.0 Å². The lowest BCUT2D eigenvalue weighted by Crippen LogP contribution is -2.45. The minimum absolute atomic E-state index is 0.104. The molecular formula is C10H8F3NO3. The van der Waals surface area contributed by atoms with Crippen LogP contribution in [0.3, 0.4) is 0 Å². The third-order valence-corrected chi connectivity index (χ3v) is 2.26. The first-order valence-corrected chi connectivity index (χ1v) is 4.58. The van der Waals surface area contributed by atoms with Crippen molar-refractivity contribution in [3.05, 3.63) is 35.9 Å². The third-order valence-electron chi connectivity index (χ3n) is 2.26. The number of phenolic OH excluding ortho intramolecular Hbond substituents is 1. The van der Waals surface area contributed by atoms with Crippen LogP contribution in [0.15, 0.2) is 30.3 Å². The van der Waals surface area contributed by atoms with Crippen molar-refractivity contribution in [2.75, 3.05) is 0 Å². The Morgan fingerprint density at radius 3 is 2.41 bits per heavy atom. The number of phenols is 1. The molecule has 0 radical (unpaired) electrons. The topological polar surface area (TPSA) is 61.7 Å². The van der Waals surface area contributed by atoms with Crippen molar-refractivity contribution in [2.24, 2.45) is 0 Å². The molecule has 0 aliphatic carbocycles. The lowest BCUT2D eigenvalue weighted by Gasteiger charge is -2.21. The van der Waals surface area contributed by atoms with E-state index >= 15 is 0 Å². The molecule has 0 amide bonds. The van der Waals surface area contributed by atoms with Crippen molar-refractivity contribution in [1.82, 2.24) is 5.48 Å². The molecule has 17 heavy (non-hydrogen) atoms. The Kier molecular flexibility index (Phi) is 2.52. The van der Waals surface area contributed by atoms with E-state index in [1.165, 1.54) is 24.3 Å². The summed E-state index contributed by atoms with van der Waals surface area (Å²) < 4.78 is 37.2. The fourth-order valence-corrected chi connectivity index (χ4v) is 1.36. The molecule has 7 heteroatoms. The summed E-state index contributed by atoms with van der Waals surface area (Å²) in [6.07, 6.45) is -4.51. The lowest BCUT2D eigenvalue weighted by atomic mass is 10.1. The highest BCUT2D eigenvalue weighted by molar-refractivity contribution is 5.70. The van der Waals surface area contributed by atoms with E-state index in [2.05, 4.69) is 4.84 Å². The highest BCUT2D eigenvalue weighted by Gasteiger charge is 2.57. The Balaban J connectivity index is 2.39. The first-order valence-electron chi connectivity index (χ1n) is 4.58. The third kappa shape index (κ3) is 1.94. The standard InChI is InChI=1S/C10H8F3NO3/c11-10(12,13)9(16)5-7(14-17-9)6-3-1-2-4-8(6)15/h1-5,14-16H. The van der Waals surface area contributed by atoms with Gasteiger partial charge in [-0.2, -0.15) is 13.2 Å². The molecule has 1 heterocycles. The number of aliphatic hydroxyl groups is 1. The number of alkyl halides is 3. The van der Waals surface area contributed by atoms with E-state index in [0.717, 1.165) is 0 Å². The second kappa shape index (κ2) is 3.64. The van der Waals surface area contributed by atoms with Gasteiger partial charge in [0.2, 0.25) is 0 Å². The number of para-hydroxylation sites is 1. The monoisotopic (exact) mass is 247 g/mol. The minimum atomic E-state index is -4.97. The van der Waals surface area contributed by atoms with Gasteiger partial charge in [0.1, 0.15) is 5.75 Å². The van der Waals surface area contributed by atoms with Crippen LogP contribution in [0.5, 0.6) is 5.75 Å². The number of aromatic hydroxyl groups is 1. The summed E-state index contributed by atoms with van der Waals surface area (Å²) in [5.74, 6) is -3.61. The van der Waals surface area contributed by atoms with Crippen LogP contribution < -0.4 is 5.48 Å². The van der Waals surface area contributed by atoms with E-state index in [1.807, 2.05) is 5.48 Å². The van der Waals surface area contributed by atoms with Crippen LogP contribution in [0.2, 0.25) is 0 Å². The van der Waals surface area contributed by atoms with Gasteiger partial charge in [0.05, 0.1) is 5.70 Å². The Labute approximate surface area is 93.9 Å². The second-order valence-corrected chi connectivity index (χ2v) is 3.47. The number of hydroxylamine groups is 1. The number of rotatable bonds is 1. The van der Waals surface area contributed by atoms with Crippen molar-refractivity contribution in [3.8, 4) is 5.75 Å². The Bertz CT molecular complexity index is 472. The van der Waals surface area contributed by atoms with E-state index in [0.29, 0.717) is 6.08 Å². The molecular weight excluding hydrogens is 239 g/mol. The van der Waals surface area contributed by atoms with Gasteiger partial charge in [-0.3, -0.25) is 5.48 Å². The summed E-state index contributed by atoms with van der Waals surface area (Å²) in [7, 11) is 0. The van der Waals surface area contributed by atoms with Gasteiger partial charge in [-0.25, -0.2) is 4.84 Å². The molecule has 2 rings (SSSR count). The molecule has 1 aliphatic heterocycles. The number of nitrogens with one attached hydrogen (secondary N) is 1. The maximum atomic E-state index is 12.4. The molecule has 92 valence electrons. The smallest absolute Gasteiger partial charge is 0.449 e. The van der Waals surface area contributed by atoms with E-state index in [1.54, 1.807) is 0 Å². The van der Waals surface area contributed by atoms with Crippen LogP contribution >= 0.6 is 0 Å². The van der Waals surface area contributed by atoms with Crippen LogP contribution in [0.1, 0.15) is 5.56 Å². The Morgan fingerprint density at radius 1 is 1.24 bits per heavy atom. The van der Waals surface area contributed by atoms with E-state index < -0.39 is 12.0 Å². The molecule has 0 saturated carbocycles. The van der Waals surface area contributed by atoms with Crippen LogP contribution in [0, 0.1) is 0 Å². The average molecular weight is 247 g/mol. The average Bonchev–Trinajstić information content (AvgIpc) is 2.62. The minimum Gasteiger partial charge on any atom is -0.507 e. The molecule has 0 spiro atoms. The summed E-state index contributed by atoms with van der Waals surface area (Å²) in [6, 6.07) is 5.75. The predicted octanol–water partition coefficient (Wildman–Crippen LogP) is 1.52. The Hall–Kier alpha value is -1.73. The van der Waals surface area contributed by atoms with Crippen molar-refractivity contribution in [2.45, 2.75) is 12.0 Å². The van der Waals surface area contributed by atoms with Gasteiger partial charge in [-0.05, 0) is 12.1 Å². The summed E-state index contributed by atoms with van der Waals surface area (Å²) >= 11 is 0. The van der Waals surface area contributed by atoms with Crippen molar-refractivity contribution in [1.29, 1.82) is 0 Å². The van der Waals surface area contributed by atoms with Gasteiger partial charge in [0.15, 0.2) is 0 Å². The zero-order valence-corrected chi connectivity index (χ0v) is 8.32. The predicted molar refractivity (Wildman–Crippen MR) is 51.3 cm³/mol. The molecule has 1 unspecified atom stereocenters. The maximum Gasteiger partial charge on any atom is 0.449 e. The zero-order chi connectivity index (χ0) is 12.7. The van der Waals surface area contributed by atoms with Crippen molar-refractivity contribution >= 4 is 5.70 Å². The second-order valence-electron chi connectivity index (χ2n) is 3.47. The molecule has 3 N–H and O–H groups in total. The first kappa shape index (κ1) is 11.7. The highest BCUT2D eigenvalue weighted by atomic mass is 19.4. The van der Waals surface area contributed by atoms with Crippen LogP contribution in [-0.2, 0) is 4.84 Å². The molecule has 1 aliphatic rings. The largest absolute Gasteiger partial charge is 0.507 e. The van der Waals surface area contributed by atoms with Gasteiger partial charge >= 0.3 is 12.0 Å². The maximum absolute atomic E-state index is 12.4. The number of halogens is 3. The molecule has 0 aromatic heterocycles. The molecule has 0 saturated heterocycles. The number of hydrogen-bond donors (Lipinski definition) is 3. The SMILES string of the molecule is Oc1ccccc1C1=CC(O)(C(F)(F)F)ON1. The lowest BCUT2D eigenvalue weighted by molar-refractivity contribution is -0.345. The molecule has 0 fully saturated rings. The van der Waals surface area contributed by atoms with Crippen LogP contribution in [-0.4, -0.2) is 22.2 Å². The highest BCUT2D eigenvalue weighted by Crippen LogP contribution is 2.38. The Morgan fingerprint density at radius 2 is 1.88 bits per heavy atom.